The molecule has 1 aliphatic carbocycles. The molecule has 0 saturated heterocycles. The summed E-state index contributed by atoms with van der Waals surface area (Å²) in [5.74, 6) is 0.393. The van der Waals surface area contributed by atoms with Gasteiger partial charge in [-0.05, 0) is 45.9 Å². The molecule has 1 fully saturated rings. The Bertz CT molecular complexity index is 550. The third-order valence-electron chi connectivity index (χ3n) is 4.10. The van der Waals surface area contributed by atoms with Crippen LogP contribution in [0.15, 0.2) is 30.6 Å². The molecule has 0 amide bonds. The molecule has 94 valence electrons. The normalized spacial score (nSPS) is 25.7. The van der Waals surface area contributed by atoms with E-state index in [1.165, 1.54) is 5.56 Å². The second kappa shape index (κ2) is 3.88. The van der Waals surface area contributed by atoms with Crippen molar-refractivity contribution in [1.82, 2.24) is 20.2 Å². The fourth-order valence-electron chi connectivity index (χ4n) is 2.63. The molecule has 0 radical (unpaired) electrons. The summed E-state index contributed by atoms with van der Waals surface area (Å²) in [6, 6.07) is 8.18. The number of aliphatic hydroxyl groups is 1. The van der Waals surface area contributed by atoms with Crippen LogP contribution in [0, 0.1) is 5.41 Å². The van der Waals surface area contributed by atoms with Crippen molar-refractivity contribution < 1.29 is 5.11 Å². The standard InChI is InChI=1S/C13H16N4O/c1-13(2)11(7-12(13)18)9-4-3-5-10(6-9)17-8-14-15-16-17/h3-6,8,11-12,18H,7H2,1-2H3. The van der Waals surface area contributed by atoms with Gasteiger partial charge in [-0.15, -0.1) is 5.10 Å². The molecule has 1 N–H and O–H groups in total. The maximum absolute atomic E-state index is 9.82. The van der Waals surface area contributed by atoms with Crippen LogP contribution in [0.25, 0.3) is 5.69 Å². The number of rotatable bonds is 2. The average Bonchev–Trinajstić information content (AvgIpc) is 2.90. The minimum absolute atomic E-state index is 0.0563. The molecule has 1 aliphatic rings. The van der Waals surface area contributed by atoms with Gasteiger partial charge < -0.3 is 5.11 Å². The molecule has 1 aromatic carbocycles. The number of aromatic nitrogens is 4. The lowest BCUT2D eigenvalue weighted by Gasteiger charge is -2.49. The number of aliphatic hydroxyl groups excluding tert-OH is 1. The largest absolute Gasteiger partial charge is 0.393 e. The molecule has 18 heavy (non-hydrogen) atoms. The van der Waals surface area contributed by atoms with Gasteiger partial charge in [0.1, 0.15) is 6.33 Å². The summed E-state index contributed by atoms with van der Waals surface area (Å²) in [5, 5.41) is 21.0. The monoisotopic (exact) mass is 244 g/mol. The maximum atomic E-state index is 9.82. The Morgan fingerprint density at radius 3 is 2.83 bits per heavy atom. The van der Waals surface area contributed by atoms with E-state index < -0.39 is 0 Å². The van der Waals surface area contributed by atoms with Crippen LogP contribution in [-0.2, 0) is 0 Å². The molecule has 2 unspecified atom stereocenters. The van der Waals surface area contributed by atoms with Gasteiger partial charge in [0.25, 0.3) is 0 Å². The molecule has 1 heterocycles. The Morgan fingerprint density at radius 1 is 1.39 bits per heavy atom. The minimum Gasteiger partial charge on any atom is -0.393 e. The second-order valence-electron chi connectivity index (χ2n) is 5.47. The number of benzene rings is 1. The molecule has 1 aromatic heterocycles. The van der Waals surface area contributed by atoms with Crippen LogP contribution in [0.2, 0.25) is 0 Å². The predicted molar refractivity (Wildman–Crippen MR) is 66.3 cm³/mol. The Balaban J connectivity index is 1.93. The lowest BCUT2D eigenvalue weighted by molar-refractivity contribution is -0.0625. The first-order chi connectivity index (χ1) is 8.59. The van der Waals surface area contributed by atoms with Crippen molar-refractivity contribution in [2.75, 3.05) is 0 Å². The fraction of sp³-hybridized carbons (Fsp3) is 0.462. The first-order valence-corrected chi connectivity index (χ1v) is 6.10. The van der Waals surface area contributed by atoms with Crippen molar-refractivity contribution >= 4 is 0 Å². The van der Waals surface area contributed by atoms with Crippen molar-refractivity contribution in [2.24, 2.45) is 5.41 Å². The Morgan fingerprint density at radius 2 is 2.22 bits per heavy atom. The molecule has 0 aliphatic heterocycles. The van der Waals surface area contributed by atoms with Crippen LogP contribution < -0.4 is 0 Å². The van der Waals surface area contributed by atoms with Crippen LogP contribution in [0.5, 0.6) is 0 Å². The Labute approximate surface area is 105 Å². The highest BCUT2D eigenvalue weighted by Crippen LogP contribution is 2.52. The van der Waals surface area contributed by atoms with E-state index in [2.05, 4.69) is 41.5 Å². The van der Waals surface area contributed by atoms with E-state index in [1.807, 2.05) is 12.1 Å². The third kappa shape index (κ3) is 1.62. The second-order valence-corrected chi connectivity index (χ2v) is 5.47. The van der Waals surface area contributed by atoms with Gasteiger partial charge >= 0.3 is 0 Å². The van der Waals surface area contributed by atoms with Gasteiger partial charge in [-0.3, -0.25) is 0 Å². The van der Waals surface area contributed by atoms with Crippen molar-refractivity contribution in [3.63, 3.8) is 0 Å². The molecule has 2 aromatic rings. The first kappa shape index (κ1) is 11.3. The summed E-state index contributed by atoms with van der Waals surface area (Å²) in [7, 11) is 0. The third-order valence-corrected chi connectivity index (χ3v) is 4.10. The number of tetrazole rings is 1. The van der Waals surface area contributed by atoms with Crippen molar-refractivity contribution in [2.45, 2.75) is 32.3 Å². The lowest BCUT2D eigenvalue weighted by Crippen LogP contribution is -2.47. The first-order valence-electron chi connectivity index (χ1n) is 6.10. The Kier molecular flexibility index (Phi) is 2.45. The smallest absolute Gasteiger partial charge is 0.143 e. The van der Waals surface area contributed by atoms with Crippen LogP contribution >= 0.6 is 0 Å². The topological polar surface area (TPSA) is 63.8 Å². The summed E-state index contributed by atoms with van der Waals surface area (Å²) in [6.45, 7) is 4.21. The van der Waals surface area contributed by atoms with Crippen molar-refractivity contribution in [3.8, 4) is 5.69 Å². The molecule has 0 bridgehead atoms. The highest BCUT2D eigenvalue weighted by molar-refractivity contribution is 5.38. The van der Waals surface area contributed by atoms with Gasteiger partial charge in [-0.1, -0.05) is 26.0 Å². The molecular formula is C13H16N4O. The zero-order valence-corrected chi connectivity index (χ0v) is 10.5. The highest BCUT2D eigenvalue weighted by atomic mass is 16.3. The molecule has 0 spiro atoms. The van der Waals surface area contributed by atoms with E-state index in [1.54, 1.807) is 11.0 Å². The summed E-state index contributed by atoms with van der Waals surface area (Å²) < 4.78 is 1.64. The van der Waals surface area contributed by atoms with Gasteiger partial charge in [0.15, 0.2) is 0 Å². The number of nitrogens with zero attached hydrogens (tertiary/aromatic N) is 4. The Hall–Kier alpha value is -1.75. The van der Waals surface area contributed by atoms with E-state index in [4.69, 9.17) is 0 Å². The fourth-order valence-corrected chi connectivity index (χ4v) is 2.63. The van der Waals surface area contributed by atoms with Gasteiger partial charge in [0.05, 0.1) is 11.8 Å². The summed E-state index contributed by atoms with van der Waals surface area (Å²) >= 11 is 0. The zero-order valence-electron chi connectivity index (χ0n) is 10.5. The average molecular weight is 244 g/mol. The molecule has 5 heteroatoms. The molecule has 2 atom stereocenters. The quantitative estimate of drug-likeness (QED) is 0.870. The van der Waals surface area contributed by atoms with E-state index in [0.717, 1.165) is 12.1 Å². The molecule has 3 rings (SSSR count). The molecule has 5 nitrogen and oxygen atoms in total. The van der Waals surface area contributed by atoms with Gasteiger partial charge in [-0.2, -0.15) is 0 Å². The highest BCUT2D eigenvalue weighted by Gasteiger charge is 2.47. The molecule has 1 saturated carbocycles. The van der Waals surface area contributed by atoms with Crippen molar-refractivity contribution in [3.05, 3.63) is 36.2 Å². The van der Waals surface area contributed by atoms with Crippen LogP contribution in [-0.4, -0.2) is 31.4 Å². The van der Waals surface area contributed by atoms with E-state index in [0.29, 0.717) is 5.92 Å². The number of hydrogen-bond acceptors (Lipinski definition) is 4. The van der Waals surface area contributed by atoms with Crippen LogP contribution in [0.1, 0.15) is 31.7 Å². The van der Waals surface area contributed by atoms with Gasteiger partial charge in [0.2, 0.25) is 0 Å². The SMILES string of the molecule is CC1(C)C(O)CC1c1cccc(-n2cnnn2)c1. The minimum atomic E-state index is -0.209. The van der Waals surface area contributed by atoms with Gasteiger partial charge in [-0.25, -0.2) is 4.68 Å². The zero-order chi connectivity index (χ0) is 12.8. The van der Waals surface area contributed by atoms with Crippen LogP contribution in [0.4, 0.5) is 0 Å². The summed E-state index contributed by atoms with van der Waals surface area (Å²) in [6.07, 6.45) is 2.20. The van der Waals surface area contributed by atoms with E-state index in [9.17, 15) is 5.11 Å². The van der Waals surface area contributed by atoms with E-state index >= 15 is 0 Å². The van der Waals surface area contributed by atoms with E-state index in [-0.39, 0.29) is 11.5 Å². The summed E-state index contributed by atoms with van der Waals surface area (Å²) in [4.78, 5) is 0. The van der Waals surface area contributed by atoms with Crippen LogP contribution in [0.3, 0.4) is 0 Å². The van der Waals surface area contributed by atoms with Gasteiger partial charge in [0, 0.05) is 0 Å². The van der Waals surface area contributed by atoms with Crippen molar-refractivity contribution in [1.29, 1.82) is 0 Å². The number of hydrogen-bond donors (Lipinski definition) is 1. The summed E-state index contributed by atoms with van der Waals surface area (Å²) in [5.41, 5.74) is 2.13. The predicted octanol–water partition coefficient (Wildman–Crippen LogP) is 1.54. The lowest BCUT2D eigenvalue weighted by atomic mass is 9.58. The molecular weight excluding hydrogens is 228 g/mol. The maximum Gasteiger partial charge on any atom is 0.143 e.